The minimum Gasteiger partial charge on any atom is -0.334 e. The molecule has 3 fully saturated rings. The van der Waals surface area contributed by atoms with E-state index in [-0.39, 0.29) is 17.9 Å². The van der Waals surface area contributed by atoms with E-state index < -0.39 is 11.8 Å². The van der Waals surface area contributed by atoms with Crippen LogP contribution in [0, 0.1) is 5.92 Å². The van der Waals surface area contributed by atoms with Gasteiger partial charge < -0.3 is 25.3 Å². The van der Waals surface area contributed by atoms with Gasteiger partial charge in [-0.05, 0) is 43.9 Å². The highest BCUT2D eigenvalue weighted by atomic mass is 16.2. The number of benzene rings is 1. The van der Waals surface area contributed by atoms with E-state index in [4.69, 9.17) is 0 Å². The first-order valence-corrected chi connectivity index (χ1v) is 10.6. The van der Waals surface area contributed by atoms with Crippen LogP contribution in [0.5, 0.6) is 0 Å². The molecule has 9 nitrogen and oxygen atoms in total. The Bertz CT molecular complexity index is 840. The van der Waals surface area contributed by atoms with Gasteiger partial charge in [-0.3, -0.25) is 14.4 Å². The van der Waals surface area contributed by atoms with E-state index in [9.17, 15) is 19.2 Å². The quantitative estimate of drug-likeness (QED) is 0.730. The van der Waals surface area contributed by atoms with E-state index in [1.165, 1.54) is 4.90 Å². The van der Waals surface area contributed by atoms with E-state index in [0.717, 1.165) is 25.7 Å². The van der Waals surface area contributed by atoms with Crippen molar-refractivity contribution in [3.8, 4) is 0 Å². The summed E-state index contributed by atoms with van der Waals surface area (Å²) in [5.41, 5.74) is 1.25. The number of urea groups is 1. The Labute approximate surface area is 175 Å². The molecular weight excluding hydrogens is 386 g/mol. The molecule has 0 spiro atoms. The molecule has 1 saturated carbocycles. The van der Waals surface area contributed by atoms with Gasteiger partial charge in [-0.1, -0.05) is 6.07 Å². The smallest absolute Gasteiger partial charge is 0.321 e. The third kappa shape index (κ3) is 4.72. The summed E-state index contributed by atoms with van der Waals surface area (Å²) in [6.07, 6.45) is 3.75. The summed E-state index contributed by atoms with van der Waals surface area (Å²) in [5, 5.41) is 5.70. The molecule has 1 aromatic rings. The molecule has 0 bridgehead atoms. The molecule has 2 heterocycles. The third-order valence-corrected chi connectivity index (χ3v) is 5.76. The minimum atomic E-state index is -0.476. The zero-order chi connectivity index (χ0) is 21.1. The maximum absolute atomic E-state index is 12.6. The van der Waals surface area contributed by atoms with Crippen molar-refractivity contribution in [3.05, 3.63) is 24.3 Å². The summed E-state index contributed by atoms with van der Waals surface area (Å²) in [7, 11) is 0. The maximum Gasteiger partial charge on any atom is 0.321 e. The lowest BCUT2D eigenvalue weighted by atomic mass is 10.2. The monoisotopic (exact) mass is 413 g/mol. The number of amides is 5. The lowest BCUT2D eigenvalue weighted by molar-refractivity contribution is -0.152. The largest absolute Gasteiger partial charge is 0.334 e. The predicted octanol–water partition coefficient (Wildman–Crippen LogP) is 1.33. The van der Waals surface area contributed by atoms with Gasteiger partial charge in [-0.2, -0.15) is 0 Å². The summed E-state index contributed by atoms with van der Waals surface area (Å²) in [6, 6.07) is 6.79. The highest BCUT2D eigenvalue weighted by Gasteiger charge is 2.32. The number of carbonyl (C=O) groups excluding carboxylic acids is 4. The normalized spacial score (nSPS) is 18.9. The Morgan fingerprint density at radius 2 is 1.27 bits per heavy atom. The average Bonchev–Trinajstić information content (AvgIpc) is 3.47. The maximum atomic E-state index is 12.6. The summed E-state index contributed by atoms with van der Waals surface area (Å²) in [5.74, 6) is -0.783. The molecule has 9 heteroatoms. The molecule has 3 aliphatic rings. The molecule has 0 unspecified atom stereocenters. The van der Waals surface area contributed by atoms with E-state index in [1.54, 1.807) is 34.1 Å². The van der Waals surface area contributed by atoms with Crippen LogP contribution in [-0.2, 0) is 14.4 Å². The van der Waals surface area contributed by atoms with Crippen molar-refractivity contribution >= 4 is 35.1 Å². The summed E-state index contributed by atoms with van der Waals surface area (Å²) in [6.45, 7) is 2.69. The third-order valence-electron chi connectivity index (χ3n) is 5.76. The Morgan fingerprint density at radius 1 is 0.733 bits per heavy atom. The molecule has 2 aliphatic heterocycles. The van der Waals surface area contributed by atoms with Gasteiger partial charge in [0.2, 0.25) is 5.91 Å². The molecule has 0 aromatic heterocycles. The van der Waals surface area contributed by atoms with Crippen LogP contribution in [-0.4, -0.2) is 77.7 Å². The van der Waals surface area contributed by atoms with Gasteiger partial charge >= 0.3 is 17.8 Å². The molecule has 0 atom stereocenters. The molecular formula is C21H27N5O4. The number of hydrogen-bond acceptors (Lipinski definition) is 4. The van der Waals surface area contributed by atoms with Crippen molar-refractivity contribution in [2.75, 3.05) is 49.9 Å². The van der Waals surface area contributed by atoms with E-state index in [0.29, 0.717) is 50.6 Å². The van der Waals surface area contributed by atoms with Crippen LogP contribution in [0.2, 0.25) is 0 Å². The van der Waals surface area contributed by atoms with Crippen LogP contribution in [0.15, 0.2) is 24.3 Å². The highest BCUT2D eigenvalue weighted by Crippen LogP contribution is 2.30. The van der Waals surface area contributed by atoms with Gasteiger partial charge in [0.25, 0.3) is 0 Å². The van der Waals surface area contributed by atoms with Crippen molar-refractivity contribution in [1.29, 1.82) is 0 Å². The fourth-order valence-corrected chi connectivity index (χ4v) is 3.77. The molecule has 1 aromatic carbocycles. The minimum absolute atomic E-state index is 0.0164. The Balaban J connectivity index is 1.26. The molecule has 2 N–H and O–H groups in total. The van der Waals surface area contributed by atoms with Gasteiger partial charge in [-0.25, -0.2) is 4.79 Å². The second-order valence-corrected chi connectivity index (χ2v) is 8.05. The fourth-order valence-electron chi connectivity index (χ4n) is 3.77. The number of carbonyl (C=O) groups is 4. The van der Waals surface area contributed by atoms with Crippen LogP contribution in [0.25, 0.3) is 0 Å². The van der Waals surface area contributed by atoms with Crippen molar-refractivity contribution < 1.29 is 19.2 Å². The first-order valence-electron chi connectivity index (χ1n) is 10.6. The fraction of sp³-hybridized carbons (Fsp3) is 0.524. The number of nitrogens with zero attached hydrogens (tertiary/aromatic N) is 3. The number of anilines is 2. The second-order valence-electron chi connectivity index (χ2n) is 8.05. The number of rotatable bonds is 3. The van der Waals surface area contributed by atoms with Gasteiger partial charge in [0.15, 0.2) is 0 Å². The van der Waals surface area contributed by atoms with Crippen LogP contribution in [0.3, 0.4) is 0 Å². The van der Waals surface area contributed by atoms with Crippen molar-refractivity contribution in [2.45, 2.75) is 25.7 Å². The van der Waals surface area contributed by atoms with Crippen molar-refractivity contribution in [2.24, 2.45) is 5.92 Å². The van der Waals surface area contributed by atoms with E-state index in [1.807, 2.05) is 0 Å². The van der Waals surface area contributed by atoms with E-state index in [2.05, 4.69) is 10.6 Å². The van der Waals surface area contributed by atoms with Gasteiger partial charge in [0.1, 0.15) is 0 Å². The molecule has 5 amide bonds. The highest BCUT2D eigenvalue weighted by molar-refractivity contribution is 6.35. The van der Waals surface area contributed by atoms with Gasteiger partial charge in [0, 0.05) is 56.6 Å². The Hall–Kier alpha value is -3.10. The number of nitrogens with one attached hydrogen (secondary N) is 2. The molecule has 1 aliphatic carbocycles. The number of piperazine rings is 1. The molecule has 30 heavy (non-hydrogen) atoms. The van der Waals surface area contributed by atoms with Crippen molar-refractivity contribution in [1.82, 2.24) is 14.7 Å². The summed E-state index contributed by atoms with van der Waals surface area (Å²) < 4.78 is 0. The molecule has 0 radical (unpaired) electrons. The molecule has 2 saturated heterocycles. The van der Waals surface area contributed by atoms with Gasteiger partial charge in [-0.15, -0.1) is 0 Å². The zero-order valence-electron chi connectivity index (χ0n) is 16.9. The van der Waals surface area contributed by atoms with Crippen LogP contribution >= 0.6 is 0 Å². The molecule has 4 rings (SSSR count). The first-order chi connectivity index (χ1) is 14.5. The summed E-state index contributed by atoms with van der Waals surface area (Å²) in [4.78, 5) is 53.9. The lowest BCUT2D eigenvalue weighted by Crippen LogP contribution is -2.54. The average molecular weight is 413 g/mol. The Kier molecular flexibility index (Phi) is 5.87. The Morgan fingerprint density at radius 3 is 1.87 bits per heavy atom. The zero-order valence-corrected chi connectivity index (χ0v) is 16.9. The SMILES string of the molecule is O=C(Nc1cccc(NC(=O)N2CCN(C(=O)C(=O)N3CCCC3)CC2)c1)C1CC1. The first kappa shape index (κ1) is 20.2. The second kappa shape index (κ2) is 8.73. The topological polar surface area (TPSA) is 102 Å². The summed E-state index contributed by atoms with van der Waals surface area (Å²) >= 11 is 0. The number of likely N-dealkylation sites (tertiary alicyclic amines) is 1. The van der Waals surface area contributed by atoms with Crippen molar-refractivity contribution in [3.63, 3.8) is 0 Å². The van der Waals surface area contributed by atoms with Crippen LogP contribution in [0.4, 0.5) is 16.2 Å². The number of hydrogen-bond donors (Lipinski definition) is 2. The lowest BCUT2D eigenvalue weighted by Gasteiger charge is -2.34. The van der Waals surface area contributed by atoms with E-state index >= 15 is 0 Å². The predicted molar refractivity (Wildman–Crippen MR) is 111 cm³/mol. The standard InChI is InChI=1S/C21H27N5O4/c27-18(15-6-7-15)22-16-4-3-5-17(14-16)23-21(30)26-12-10-25(11-13-26)20(29)19(28)24-8-1-2-9-24/h3-5,14-15H,1-2,6-13H2,(H,22,27)(H,23,30). The molecule has 160 valence electrons. The van der Waals surface area contributed by atoms with Crippen LogP contribution < -0.4 is 10.6 Å². The van der Waals surface area contributed by atoms with Gasteiger partial charge in [0.05, 0.1) is 0 Å². The van der Waals surface area contributed by atoms with Crippen LogP contribution in [0.1, 0.15) is 25.7 Å².